The fraction of sp³-hybridized carbons (Fsp3) is 0.500. The number of terminal acetylenes is 1. The van der Waals surface area contributed by atoms with Crippen molar-refractivity contribution in [2.75, 3.05) is 6.61 Å². The maximum Gasteiger partial charge on any atom is 0.350 e. The van der Waals surface area contributed by atoms with E-state index < -0.39 is 42.0 Å². The summed E-state index contributed by atoms with van der Waals surface area (Å²) in [5.41, 5.74) is -4.01. The van der Waals surface area contributed by atoms with Crippen molar-refractivity contribution >= 4 is 0 Å². The lowest BCUT2D eigenvalue weighted by Crippen LogP contribution is -2.48. The Kier molecular flexibility index (Phi) is 3.25. The van der Waals surface area contributed by atoms with Gasteiger partial charge >= 0.3 is 11.4 Å². The monoisotopic (exact) mass is 269 g/mol. The van der Waals surface area contributed by atoms with Crippen molar-refractivity contribution in [1.82, 2.24) is 14.5 Å². The summed E-state index contributed by atoms with van der Waals surface area (Å²) in [6.07, 6.45) is 1.76. The predicted octanol–water partition coefficient (Wildman–Crippen LogP) is -3.45. The highest BCUT2D eigenvalue weighted by molar-refractivity contribution is 5.19. The number of aliphatic hydroxyl groups excluding tert-OH is 2. The minimum Gasteiger partial charge on any atom is -0.394 e. The highest BCUT2D eigenvalue weighted by Crippen LogP contribution is 2.36. The number of aliphatic hydroxyl groups is 3. The first-order valence-electron chi connectivity index (χ1n) is 5.26. The molecule has 0 saturated carbocycles. The van der Waals surface area contributed by atoms with Crippen LogP contribution in [-0.2, 0) is 4.74 Å². The van der Waals surface area contributed by atoms with Gasteiger partial charge in [0.2, 0.25) is 0 Å². The number of nitrogens with zero attached hydrogens (tertiary/aromatic N) is 2. The zero-order chi connectivity index (χ0) is 14.2. The van der Waals surface area contributed by atoms with E-state index in [2.05, 4.69) is 4.98 Å². The van der Waals surface area contributed by atoms with Crippen LogP contribution in [0.15, 0.2) is 15.9 Å². The van der Waals surface area contributed by atoms with Crippen LogP contribution in [0, 0.1) is 12.3 Å². The van der Waals surface area contributed by atoms with Gasteiger partial charge in [-0.2, -0.15) is 4.98 Å². The first-order chi connectivity index (χ1) is 8.93. The van der Waals surface area contributed by atoms with E-state index in [4.69, 9.17) is 16.3 Å². The molecule has 0 aromatic carbocycles. The van der Waals surface area contributed by atoms with Crippen LogP contribution in [-0.4, -0.2) is 54.3 Å². The maximum atomic E-state index is 11.6. The molecule has 4 N–H and O–H groups in total. The van der Waals surface area contributed by atoms with Gasteiger partial charge in [0.05, 0.1) is 6.61 Å². The summed E-state index contributed by atoms with van der Waals surface area (Å²) in [4.78, 5) is 27.6. The fourth-order valence-electron chi connectivity index (χ4n) is 1.87. The Morgan fingerprint density at radius 1 is 1.63 bits per heavy atom. The number of hydrogen-bond donors (Lipinski definition) is 4. The van der Waals surface area contributed by atoms with Crippen LogP contribution in [0.5, 0.6) is 0 Å². The number of H-pyrrole nitrogens is 1. The maximum absolute atomic E-state index is 11.6. The lowest BCUT2D eigenvalue weighted by atomic mass is 9.95. The summed E-state index contributed by atoms with van der Waals surface area (Å²) in [6.45, 7) is -0.604. The zero-order valence-electron chi connectivity index (χ0n) is 9.55. The second kappa shape index (κ2) is 4.60. The highest BCUT2D eigenvalue weighted by atomic mass is 16.6. The van der Waals surface area contributed by atoms with Crippen molar-refractivity contribution in [3.8, 4) is 12.3 Å². The van der Waals surface area contributed by atoms with Crippen LogP contribution in [0.1, 0.15) is 6.23 Å². The standard InChI is InChI=1S/C10H11N3O6/c1-2-10(18)6(15)5(3-14)19-7(10)13-4-11-8(16)12-9(13)17/h1,4-7,14-15,18H,3H2,(H,12,16,17)/t5?,6-,7?,10?/m0/s1. The molecule has 1 aliphatic rings. The Labute approximate surface area is 106 Å². The molecule has 9 nitrogen and oxygen atoms in total. The van der Waals surface area contributed by atoms with Crippen molar-refractivity contribution in [3.63, 3.8) is 0 Å². The smallest absolute Gasteiger partial charge is 0.350 e. The Morgan fingerprint density at radius 3 is 2.84 bits per heavy atom. The molecule has 1 aliphatic heterocycles. The SMILES string of the molecule is C#CC1(O)C(n2cnc(=O)[nH]c2=O)OC(CO)[C@@H]1O. The quantitative estimate of drug-likeness (QED) is 0.409. The topological polar surface area (TPSA) is 138 Å². The average Bonchev–Trinajstić information content (AvgIpc) is 2.63. The second-order valence-corrected chi connectivity index (χ2v) is 4.01. The molecule has 1 aromatic rings. The molecule has 9 heteroatoms. The summed E-state index contributed by atoms with van der Waals surface area (Å²) >= 11 is 0. The van der Waals surface area contributed by atoms with E-state index in [0.717, 1.165) is 10.9 Å². The summed E-state index contributed by atoms with van der Waals surface area (Å²) in [7, 11) is 0. The third-order valence-electron chi connectivity index (χ3n) is 2.89. The number of aromatic amines is 1. The zero-order valence-corrected chi connectivity index (χ0v) is 9.55. The van der Waals surface area contributed by atoms with Crippen molar-refractivity contribution in [3.05, 3.63) is 27.3 Å². The third-order valence-corrected chi connectivity index (χ3v) is 2.89. The van der Waals surface area contributed by atoms with Crippen molar-refractivity contribution < 1.29 is 20.1 Å². The van der Waals surface area contributed by atoms with Gasteiger partial charge in [-0.25, -0.2) is 9.59 Å². The first-order valence-corrected chi connectivity index (χ1v) is 5.26. The molecule has 1 saturated heterocycles. The minimum atomic E-state index is -2.23. The Morgan fingerprint density at radius 2 is 2.32 bits per heavy atom. The van der Waals surface area contributed by atoms with Crippen molar-refractivity contribution in [2.24, 2.45) is 0 Å². The highest BCUT2D eigenvalue weighted by Gasteiger charge is 2.55. The molecule has 3 unspecified atom stereocenters. The van der Waals surface area contributed by atoms with E-state index in [1.807, 2.05) is 10.9 Å². The van der Waals surface area contributed by atoms with E-state index in [1.165, 1.54) is 0 Å². The lowest BCUT2D eigenvalue weighted by Gasteiger charge is -2.25. The second-order valence-electron chi connectivity index (χ2n) is 4.01. The van der Waals surface area contributed by atoms with Crippen LogP contribution in [0.4, 0.5) is 0 Å². The van der Waals surface area contributed by atoms with Crippen LogP contribution in [0.2, 0.25) is 0 Å². The van der Waals surface area contributed by atoms with E-state index in [0.29, 0.717) is 0 Å². The summed E-state index contributed by atoms with van der Waals surface area (Å²) in [6, 6.07) is 0. The van der Waals surface area contributed by atoms with E-state index in [-0.39, 0.29) is 0 Å². The number of hydrogen-bond acceptors (Lipinski definition) is 7. The Balaban J connectivity index is 2.52. The normalized spacial score (nSPS) is 34.1. The molecule has 102 valence electrons. The van der Waals surface area contributed by atoms with Gasteiger partial charge in [-0.05, 0) is 0 Å². The molecule has 1 aromatic heterocycles. The number of rotatable bonds is 2. The average molecular weight is 269 g/mol. The third kappa shape index (κ3) is 1.96. The molecule has 0 spiro atoms. The van der Waals surface area contributed by atoms with E-state index in [1.54, 1.807) is 0 Å². The molecule has 19 heavy (non-hydrogen) atoms. The van der Waals surface area contributed by atoms with E-state index >= 15 is 0 Å². The van der Waals surface area contributed by atoms with Gasteiger partial charge in [-0.3, -0.25) is 9.55 Å². The number of nitrogens with one attached hydrogen (secondary N) is 1. The Hall–Kier alpha value is -1.99. The largest absolute Gasteiger partial charge is 0.394 e. The summed E-state index contributed by atoms with van der Waals surface area (Å²) in [5.74, 6) is 1.93. The molecule has 1 fully saturated rings. The van der Waals surface area contributed by atoms with Gasteiger partial charge in [0.25, 0.3) is 0 Å². The summed E-state index contributed by atoms with van der Waals surface area (Å²) < 4.78 is 5.88. The van der Waals surface area contributed by atoms with Crippen LogP contribution in [0.3, 0.4) is 0 Å². The van der Waals surface area contributed by atoms with Gasteiger partial charge in [-0.1, -0.05) is 5.92 Å². The molecular weight excluding hydrogens is 258 g/mol. The molecular formula is C10H11N3O6. The molecule has 2 heterocycles. The molecule has 4 atom stereocenters. The van der Waals surface area contributed by atoms with Gasteiger partial charge < -0.3 is 20.1 Å². The fourth-order valence-corrected chi connectivity index (χ4v) is 1.87. The van der Waals surface area contributed by atoms with Crippen LogP contribution in [0.25, 0.3) is 0 Å². The van der Waals surface area contributed by atoms with Gasteiger partial charge in [0.1, 0.15) is 18.5 Å². The van der Waals surface area contributed by atoms with Gasteiger partial charge in [0, 0.05) is 0 Å². The molecule has 2 rings (SSSR count). The first kappa shape index (κ1) is 13.4. The van der Waals surface area contributed by atoms with Crippen LogP contribution >= 0.6 is 0 Å². The van der Waals surface area contributed by atoms with E-state index in [9.17, 15) is 19.8 Å². The summed E-state index contributed by atoms with van der Waals surface area (Å²) in [5, 5.41) is 29.0. The molecule has 0 aliphatic carbocycles. The molecule has 0 radical (unpaired) electrons. The predicted molar refractivity (Wildman–Crippen MR) is 59.9 cm³/mol. The van der Waals surface area contributed by atoms with Crippen molar-refractivity contribution in [2.45, 2.75) is 24.0 Å². The number of aromatic nitrogens is 3. The molecule has 0 amide bonds. The number of ether oxygens (including phenoxy) is 1. The van der Waals surface area contributed by atoms with Gasteiger partial charge in [0.15, 0.2) is 11.8 Å². The molecule has 0 bridgehead atoms. The van der Waals surface area contributed by atoms with Crippen LogP contribution < -0.4 is 11.4 Å². The minimum absolute atomic E-state index is 0.604. The van der Waals surface area contributed by atoms with Gasteiger partial charge in [-0.15, -0.1) is 6.42 Å². The Bertz CT molecular complexity index is 631. The van der Waals surface area contributed by atoms with Crippen molar-refractivity contribution in [1.29, 1.82) is 0 Å². The lowest BCUT2D eigenvalue weighted by molar-refractivity contribution is -0.0770.